The number of nitrogens with zero attached hydrogens (tertiary/aromatic N) is 2. The highest BCUT2D eigenvalue weighted by Crippen LogP contribution is 2.26. The van der Waals surface area contributed by atoms with Gasteiger partial charge in [0.15, 0.2) is 0 Å². The molecule has 0 radical (unpaired) electrons. The van der Waals surface area contributed by atoms with Crippen LogP contribution < -0.4 is 10.6 Å². The fourth-order valence-electron chi connectivity index (χ4n) is 4.37. The van der Waals surface area contributed by atoms with Crippen molar-refractivity contribution in [1.82, 2.24) is 25.4 Å². The molecule has 0 aliphatic carbocycles. The molecule has 9 heteroatoms. The maximum absolute atomic E-state index is 13.2. The van der Waals surface area contributed by atoms with Crippen molar-refractivity contribution in [2.45, 2.75) is 38.8 Å². The Morgan fingerprint density at radius 1 is 1.06 bits per heavy atom. The van der Waals surface area contributed by atoms with E-state index in [1.807, 2.05) is 38.4 Å². The number of nitrogens with one attached hydrogen (secondary N) is 3. The van der Waals surface area contributed by atoms with E-state index in [0.717, 1.165) is 34.1 Å². The number of carbonyl (C=O) groups is 3. The summed E-state index contributed by atoms with van der Waals surface area (Å²) in [5.74, 6) is -0.389. The van der Waals surface area contributed by atoms with Crippen LogP contribution in [0.25, 0.3) is 10.9 Å². The first-order valence-electron chi connectivity index (χ1n) is 12.0. The van der Waals surface area contributed by atoms with E-state index in [2.05, 4.69) is 26.6 Å². The minimum absolute atomic E-state index is 0.168. The number of imide groups is 1. The minimum Gasteiger partial charge on any atom is -0.350 e. The predicted octanol–water partition coefficient (Wildman–Crippen LogP) is 3.73. The topological polar surface area (TPSA) is 97.5 Å². The molecular formula is C27H32ClN5O3. The number of hydrogen-bond donors (Lipinski definition) is 3. The summed E-state index contributed by atoms with van der Waals surface area (Å²) in [7, 11) is 4.00. The molecule has 0 bridgehead atoms. The van der Waals surface area contributed by atoms with E-state index >= 15 is 0 Å². The summed E-state index contributed by atoms with van der Waals surface area (Å²) in [6.45, 7) is 4.88. The van der Waals surface area contributed by atoms with E-state index in [4.69, 9.17) is 11.6 Å². The van der Waals surface area contributed by atoms with Crippen LogP contribution in [0, 0.1) is 0 Å². The average molecular weight is 510 g/mol. The van der Waals surface area contributed by atoms with Gasteiger partial charge in [0.1, 0.15) is 11.2 Å². The van der Waals surface area contributed by atoms with Crippen molar-refractivity contribution in [2.75, 3.05) is 27.2 Å². The van der Waals surface area contributed by atoms with Crippen LogP contribution in [0.15, 0.2) is 42.5 Å². The van der Waals surface area contributed by atoms with Crippen molar-refractivity contribution in [3.63, 3.8) is 0 Å². The van der Waals surface area contributed by atoms with Gasteiger partial charge in [0, 0.05) is 35.6 Å². The quantitative estimate of drug-likeness (QED) is 0.383. The number of likely N-dealkylation sites (N-methyl/N-ethyl adjacent to an activating group) is 1. The Morgan fingerprint density at radius 2 is 1.75 bits per heavy atom. The van der Waals surface area contributed by atoms with E-state index in [1.54, 1.807) is 26.0 Å². The summed E-state index contributed by atoms with van der Waals surface area (Å²) in [4.78, 5) is 44.6. The molecule has 36 heavy (non-hydrogen) atoms. The standard InChI is InChI=1S/C27H32ClN5O3/c1-27(2)25(35)33(26(36)31-27)14-11-17-7-10-22-21(15-17)20(12-13-32(3)4)23(30-22)24(34)29-16-18-5-8-19(28)9-6-18/h5-10,15,30H,11-14,16H2,1-4H3,(H,29,34)(H,31,36). The molecule has 0 atom stereocenters. The van der Waals surface area contributed by atoms with Gasteiger partial charge in [-0.25, -0.2) is 4.79 Å². The molecule has 3 aromatic rings. The minimum atomic E-state index is -0.880. The van der Waals surface area contributed by atoms with E-state index in [1.165, 1.54) is 4.90 Å². The second kappa shape index (κ2) is 10.3. The van der Waals surface area contributed by atoms with Gasteiger partial charge in [-0.05, 0) is 81.7 Å². The molecule has 0 unspecified atom stereocenters. The van der Waals surface area contributed by atoms with Crippen molar-refractivity contribution in [2.24, 2.45) is 0 Å². The van der Waals surface area contributed by atoms with Crippen LogP contribution in [0.2, 0.25) is 5.02 Å². The van der Waals surface area contributed by atoms with Gasteiger partial charge in [0.2, 0.25) is 0 Å². The molecule has 2 aromatic carbocycles. The number of urea groups is 1. The molecule has 1 aliphatic rings. The zero-order chi connectivity index (χ0) is 26.0. The number of fused-ring (bicyclic) bond motifs is 1. The third kappa shape index (κ3) is 5.55. The van der Waals surface area contributed by atoms with Gasteiger partial charge in [-0.15, -0.1) is 0 Å². The number of aromatic amines is 1. The fourth-order valence-corrected chi connectivity index (χ4v) is 4.50. The van der Waals surface area contributed by atoms with Gasteiger partial charge in [-0.3, -0.25) is 14.5 Å². The van der Waals surface area contributed by atoms with Crippen LogP contribution >= 0.6 is 11.6 Å². The van der Waals surface area contributed by atoms with Crippen LogP contribution in [-0.4, -0.2) is 65.4 Å². The number of H-pyrrole nitrogens is 1. The van der Waals surface area contributed by atoms with E-state index in [0.29, 0.717) is 36.6 Å². The van der Waals surface area contributed by atoms with E-state index in [9.17, 15) is 14.4 Å². The van der Waals surface area contributed by atoms with Gasteiger partial charge in [-0.1, -0.05) is 29.8 Å². The number of benzene rings is 2. The summed E-state index contributed by atoms with van der Waals surface area (Å²) >= 11 is 5.96. The molecule has 1 aromatic heterocycles. The molecule has 3 N–H and O–H groups in total. The maximum atomic E-state index is 13.2. The maximum Gasteiger partial charge on any atom is 0.325 e. The Hall–Kier alpha value is -3.36. The molecule has 1 saturated heterocycles. The Kier molecular flexibility index (Phi) is 7.38. The van der Waals surface area contributed by atoms with Gasteiger partial charge >= 0.3 is 6.03 Å². The average Bonchev–Trinajstić information content (AvgIpc) is 3.28. The number of hydrogen-bond acceptors (Lipinski definition) is 4. The summed E-state index contributed by atoms with van der Waals surface area (Å²) < 4.78 is 0. The highest BCUT2D eigenvalue weighted by Gasteiger charge is 2.43. The summed E-state index contributed by atoms with van der Waals surface area (Å²) in [6.07, 6.45) is 1.23. The lowest BCUT2D eigenvalue weighted by Crippen LogP contribution is -2.40. The largest absolute Gasteiger partial charge is 0.350 e. The Bertz CT molecular complexity index is 1300. The summed E-state index contributed by atoms with van der Waals surface area (Å²) in [5.41, 5.74) is 3.45. The number of aromatic nitrogens is 1. The van der Waals surface area contributed by atoms with E-state index < -0.39 is 5.54 Å². The number of halogens is 1. The van der Waals surface area contributed by atoms with Gasteiger partial charge < -0.3 is 20.5 Å². The van der Waals surface area contributed by atoms with Gasteiger partial charge in [0.25, 0.3) is 11.8 Å². The first-order valence-corrected chi connectivity index (χ1v) is 12.4. The molecule has 1 aliphatic heterocycles. The second-order valence-corrected chi connectivity index (χ2v) is 10.4. The Labute approximate surface area is 216 Å². The number of rotatable bonds is 9. The lowest BCUT2D eigenvalue weighted by Gasteiger charge is -2.16. The Morgan fingerprint density at radius 3 is 2.39 bits per heavy atom. The Balaban J connectivity index is 1.55. The molecule has 8 nitrogen and oxygen atoms in total. The van der Waals surface area contributed by atoms with Crippen LogP contribution in [0.4, 0.5) is 4.79 Å². The number of amides is 4. The van der Waals surface area contributed by atoms with Crippen molar-refractivity contribution in [3.05, 3.63) is 69.9 Å². The molecule has 1 fully saturated rings. The highest BCUT2D eigenvalue weighted by molar-refractivity contribution is 6.30. The monoisotopic (exact) mass is 509 g/mol. The lowest BCUT2D eigenvalue weighted by molar-refractivity contribution is -0.130. The summed E-state index contributed by atoms with van der Waals surface area (Å²) in [5, 5.41) is 7.35. The lowest BCUT2D eigenvalue weighted by atomic mass is 10.0. The molecule has 2 heterocycles. The van der Waals surface area contributed by atoms with Crippen molar-refractivity contribution in [3.8, 4) is 0 Å². The van der Waals surface area contributed by atoms with Gasteiger partial charge in [0.05, 0.1) is 0 Å². The number of carbonyl (C=O) groups excluding carboxylic acids is 3. The second-order valence-electron chi connectivity index (χ2n) is 9.98. The fraction of sp³-hybridized carbons (Fsp3) is 0.370. The van der Waals surface area contributed by atoms with Crippen molar-refractivity contribution >= 4 is 40.3 Å². The third-order valence-electron chi connectivity index (χ3n) is 6.44. The summed E-state index contributed by atoms with van der Waals surface area (Å²) in [6, 6.07) is 13.0. The molecular weight excluding hydrogens is 478 g/mol. The normalized spacial score (nSPS) is 15.1. The van der Waals surface area contributed by atoms with E-state index in [-0.39, 0.29) is 17.8 Å². The highest BCUT2D eigenvalue weighted by atomic mass is 35.5. The van der Waals surface area contributed by atoms with Crippen molar-refractivity contribution in [1.29, 1.82) is 0 Å². The SMILES string of the molecule is CN(C)CCc1c(C(=O)NCc2ccc(Cl)cc2)[nH]c2ccc(CCN3C(=O)NC(C)(C)C3=O)cc12. The first kappa shape index (κ1) is 25.7. The molecule has 0 spiro atoms. The van der Waals surface area contributed by atoms with Crippen LogP contribution in [-0.2, 0) is 24.2 Å². The zero-order valence-electron chi connectivity index (χ0n) is 21.1. The predicted molar refractivity (Wildman–Crippen MR) is 141 cm³/mol. The molecule has 0 saturated carbocycles. The zero-order valence-corrected chi connectivity index (χ0v) is 21.8. The molecule has 190 valence electrons. The third-order valence-corrected chi connectivity index (χ3v) is 6.69. The molecule has 4 rings (SSSR count). The molecule has 4 amide bonds. The van der Waals surface area contributed by atoms with Crippen LogP contribution in [0.5, 0.6) is 0 Å². The smallest absolute Gasteiger partial charge is 0.325 e. The van der Waals surface area contributed by atoms with Crippen molar-refractivity contribution < 1.29 is 14.4 Å². The van der Waals surface area contributed by atoms with Crippen LogP contribution in [0.3, 0.4) is 0 Å². The first-order chi connectivity index (χ1) is 17.0. The van der Waals surface area contributed by atoms with Crippen LogP contribution in [0.1, 0.15) is 41.0 Å². The van der Waals surface area contributed by atoms with Gasteiger partial charge in [-0.2, -0.15) is 0 Å².